The Bertz CT molecular complexity index is 244. The van der Waals surface area contributed by atoms with Gasteiger partial charge in [-0.3, -0.25) is 4.79 Å². The van der Waals surface area contributed by atoms with Gasteiger partial charge in [-0.15, -0.1) is 0 Å². The second-order valence-corrected chi connectivity index (χ2v) is 4.72. The summed E-state index contributed by atoms with van der Waals surface area (Å²) >= 11 is 1.86. The molecule has 0 aromatic heterocycles. The molecule has 1 heterocycles. The molecule has 1 aliphatic rings. The number of carbonyl (C=O) groups is 2. The van der Waals surface area contributed by atoms with Crippen LogP contribution in [-0.2, 0) is 4.79 Å². The van der Waals surface area contributed by atoms with E-state index in [1.165, 1.54) is 0 Å². The van der Waals surface area contributed by atoms with Crippen molar-refractivity contribution >= 4 is 23.7 Å². The van der Waals surface area contributed by atoms with Gasteiger partial charge in [-0.05, 0) is 0 Å². The van der Waals surface area contributed by atoms with Crippen molar-refractivity contribution in [1.82, 2.24) is 16.0 Å². The van der Waals surface area contributed by atoms with Gasteiger partial charge in [-0.1, -0.05) is 0 Å². The molecule has 1 saturated heterocycles. The van der Waals surface area contributed by atoms with Crippen molar-refractivity contribution in [1.29, 1.82) is 0 Å². The van der Waals surface area contributed by atoms with Crippen molar-refractivity contribution in [2.24, 2.45) is 5.73 Å². The van der Waals surface area contributed by atoms with Crippen molar-refractivity contribution in [2.45, 2.75) is 12.5 Å². The molecule has 0 spiro atoms. The van der Waals surface area contributed by atoms with E-state index in [1.807, 2.05) is 11.8 Å². The van der Waals surface area contributed by atoms with Crippen molar-refractivity contribution < 1.29 is 9.59 Å². The number of hydrogen-bond donors (Lipinski definition) is 4. The number of nitrogens with one attached hydrogen (secondary N) is 3. The quantitative estimate of drug-likeness (QED) is 0.461. The van der Waals surface area contributed by atoms with Gasteiger partial charge in [-0.2, -0.15) is 11.8 Å². The van der Waals surface area contributed by atoms with E-state index in [0.29, 0.717) is 19.5 Å². The zero-order valence-corrected chi connectivity index (χ0v) is 9.94. The Balaban J connectivity index is 2.03. The standard InChI is InChI=1S/C9H18N4O2S/c10-9(15)13-2-1-12-8(14)5-7-6-16-4-3-11-7/h7,11H,1-6H2,(H,12,14)(H3,10,13,15). The van der Waals surface area contributed by atoms with Crippen LogP contribution >= 0.6 is 11.8 Å². The van der Waals surface area contributed by atoms with Gasteiger partial charge in [0.25, 0.3) is 0 Å². The maximum absolute atomic E-state index is 11.5. The summed E-state index contributed by atoms with van der Waals surface area (Å²) in [6.07, 6.45) is 0.490. The highest BCUT2D eigenvalue weighted by Crippen LogP contribution is 2.09. The normalized spacial score (nSPS) is 20.1. The lowest BCUT2D eigenvalue weighted by Gasteiger charge is -2.22. The average Bonchev–Trinajstić information content (AvgIpc) is 2.25. The van der Waals surface area contributed by atoms with E-state index in [-0.39, 0.29) is 11.9 Å². The van der Waals surface area contributed by atoms with Gasteiger partial charge in [0.05, 0.1) is 0 Å². The molecule has 0 saturated carbocycles. The first-order valence-electron chi connectivity index (χ1n) is 5.29. The van der Waals surface area contributed by atoms with Crippen LogP contribution in [0.3, 0.4) is 0 Å². The summed E-state index contributed by atoms with van der Waals surface area (Å²) in [5, 5.41) is 8.42. The smallest absolute Gasteiger partial charge is 0.312 e. The monoisotopic (exact) mass is 246 g/mol. The van der Waals surface area contributed by atoms with E-state index in [1.54, 1.807) is 0 Å². The second kappa shape index (κ2) is 7.34. The van der Waals surface area contributed by atoms with Crippen LogP contribution in [0.15, 0.2) is 0 Å². The number of amides is 3. The molecule has 5 N–H and O–H groups in total. The Hall–Kier alpha value is -0.950. The molecule has 0 aromatic carbocycles. The van der Waals surface area contributed by atoms with Crippen molar-refractivity contribution in [3.05, 3.63) is 0 Å². The Morgan fingerprint density at radius 3 is 2.75 bits per heavy atom. The van der Waals surface area contributed by atoms with Crippen LogP contribution in [0.25, 0.3) is 0 Å². The van der Waals surface area contributed by atoms with E-state index in [0.717, 1.165) is 18.1 Å². The Morgan fingerprint density at radius 2 is 2.12 bits per heavy atom. The molecular weight excluding hydrogens is 228 g/mol. The number of carbonyl (C=O) groups excluding carboxylic acids is 2. The van der Waals surface area contributed by atoms with Crippen LogP contribution in [0.2, 0.25) is 0 Å². The maximum atomic E-state index is 11.5. The van der Waals surface area contributed by atoms with Crippen LogP contribution in [0.1, 0.15) is 6.42 Å². The molecule has 6 nitrogen and oxygen atoms in total. The molecule has 1 fully saturated rings. The molecule has 7 heteroatoms. The first-order chi connectivity index (χ1) is 7.68. The minimum atomic E-state index is -0.570. The predicted molar refractivity (Wildman–Crippen MR) is 64.3 cm³/mol. The highest BCUT2D eigenvalue weighted by Gasteiger charge is 2.16. The summed E-state index contributed by atoms with van der Waals surface area (Å²) in [5.74, 6) is 2.10. The number of rotatable bonds is 5. The largest absolute Gasteiger partial charge is 0.354 e. The van der Waals surface area contributed by atoms with Gasteiger partial charge in [0, 0.05) is 43.6 Å². The fourth-order valence-electron chi connectivity index (χ4n) is 1.43. The maximum Gasteiger partial charge on any atom is 0.312 e. The molecule has 16 heavy (non-hydrogen) atoms. The SMILES string of the molecule is NC(=O)NCCNC(=O)CC1CSCCN1. The average molecular weight is 246 g/mol. The number of hydrogen-bond acceptors (Lipinski definition) is 4. The molecular formula is C9H18N4O2S. The van der Waals surface area contributed by atoms with Crippen molar-refractivity contribution in [2.75, 3.05) is 31.1 Å². The molecule has 0 bridgehead atoms. The number of urea groups is 1. The third-order valence-electron chi connectivity index (χ3n) is 2.18. The molecule has 1 unspecified atom stereocenters. The van der Waals surface area contributed by atoms with E-state index >= 15 is 0 Å². The molecule has 0 aromatic rings. The van der Waals surface area contributed by atoms with Crippen LogP contribution in [0.5, 0.6) is 0 Å². The van der Waals surface area contributed by atoms with Gasteiger partial charge >= 0.3 is 6.03 Å². The summed E-state index contributed by atoms with van der Waals surface area (Å²) in [6.45, 7) is 1.75. The number of thioether (sulfide) groups is 1. The highest BCUT2D eigenvalue weighted by molar-refractivity contribution is 7.99. The molecule has 0 radical (unpaired) electrons. The summed E-state index contributed by atoms with van der Waals surface area (Å²) in [7, 11) is 0. The summed E-state index contributed by atoms with van der Waals surface area (Å²) in [6, 6.07) is -0.303. The van der Waals surface area contributed by atoms with Gasteiger partial charge in [0.2, 0.25) is 5.91 Å². The Morgan fingerprint density at radius 1 is 1.38 bits per heavy atom. The van der Waals surface area contributed by atoms with Crippen LogP contribution in [0, 0.1) is 0 Å². The lowest BCUT2D eigenvalue weighted by molar-refractivity contribution is -0.121. The van der Waals surface area contributed by atoms with Gasteiger partial charge in [-0.25, -0.2) is 4.79 Å². The molecule has 1 rings (SSSR count). The first kappa shape index (κ1) is 13.1. The summed E-state index contributed by atoms with van der Waals surface area (Å²) in [5.41, 5.74) is 4.88. The van der Waals surface area contributed by atoms with Crippen molar-refractivity contribution in [3.8, 4) is 0 Å². The molecule has 1 atom stereocenters. The zero-order chi connectivity index (χ0) is 11.8. The van der Waals surface area contributed by atoms with Crippen LogP contribution in [-0.4, -0.2) is 49.1 Å². The zero-order valence-electron chi connectivity index (χ0n) is 9.12. The summed E-state index contributed by atoms with van der Waals surface area (Å²) < 4.78 is 0. The molecule has 0 aliphatic carbocycles. The second-order valence-electron chi connectivity index (χ2n) is 3.57. The van der Waals surface area contributed by atoms with Crippen LogP contribution in [0.4, 0.5) is 4.79 Å². The Labute approximate surface area is 99.1 Å². The van der Waals surface area contributed by atoms with Crippen molar-refractivity contribution in [3.63, 3.8) is 0 Å². The minimum Gasteiger partial charge on any atom is -0.354 e. The van der Waals surface area contributed by atoms with E-state index in [9.17, 15) is 9.59 Å². The van der Waals surface area contributed by atoms with Crippen LogP contribution < -0.4 is 21.7 Å². The van der Waals surface area contributed by atoms with E-state index < -0.39 is 6.03 Å². The van der Waals surface area contributed by atoms with Gasteiger partial charge < -0.3 is 21.7 Å². The fourth-order valence-corrected chi connectivity index (χ4v) is 2.38. The molecule has 3 amide bonds. The van der Waals surface area contributed by atoms with E-state index in [2.05, 4.69) is 16.0 Å². The first-order valence-corrected chi connectivity index (χ1v) is 6.45. The summed E-state index contributed by atoms with van der Waals surface area (Å²) in [4.78, 5) is 21.8. The molecule has 92 valence electrons. The third-order valence-corrected chi connectivity index (χ3v) is 3.31. The van der Waals surface area contributed by atoms with E-state index in [4.69, 9.17) is 5.73 Å². The number of nitrogens with two attached hydrogens (primary N) is 1. The minimum absolute atomic E-state index is 0.00581. The van der Waals surface area contributed by atoms with Gasteiger partial charge in [0.15, 0.2) is 0 Å². The molecule has 1 aliphatic heterocycles. The highest BCUT2D eigenvalue weighted by atomic mass is 32.2. The Kier molecular flexibility index (Phi) is 6.02. The lowest BCUT2D eigenvalue weighted by atomic mass is 10.2. The van der Waals surface area contributed by atoms with Gasteiger partial charge in [0.1, 0.15) is 0 Å². The predicted octanol–water partition coefficient (Wildman–Crippen LogP) is -1.13. The third kappa shape index (κ3) is 5.82. The lowest BCUT2D eigenvalue weighted by Crippen LogP contribution is -2.43. The topological polar surface area (TPSA) is 96.2 Å². The fraction of sp³-hybridized carbons (Fsp3) is 0.778. The number of primary amides is 1.